The van der Waals surface area contributed by atoms with Crippen molar-refractivity contribution in [3.63, 3.8) is 0 Å². The topological polar surface area (TPSA) is 95.4 Å². The molecule has 0 amide bonds. The Morgan fingerprint density at radius 3 is 2.54 bits per heavy atom. The SMILES string of the molecule is O=c1[nH]c2ccc(S(=O)(=O)NCc3ccc(N4CCCC4)cc3)cc2o1. The summed E-state index contributed by atoms with van der Waals surface area (Å²) in [5.74, 6) is -0.611. The van der Waals surface area contributed by atoms with Gasteiger partial charge < -0.3 is 9.32 Å². The predicted molar refractivity (Wildman–Crippen MR) is 98.7 cm³/mol. The number of anilines is 1. The molecule has 1 aliphatic rings. The molecule has 7 nitrogen and oxygen atoms in total. The summed E-state index contributed by atoms with van der Waals surface area (Å²) >= 11 is 0. The lowest BCUT2D eigenvalue weighted by atomic mass is 10.2. The van der Waals surface area contributed by atoms with Gasteiger partial charge in [0.2, 0.25) is 10.0 Å². The average Bonchev–Trinajstić information content (AvgIpc) is 3.28. The third kappa shape index (κ3) is 3.38. The van der Waals surface area contributed by atoms with Gasteiger partial charge >= 0.3 is 5.76 Å². The minimum atomic E-state index is -3.70. The van der Waals surface area contributed by atoms with E-state index in [-0.39, 0.29) is 17.0 Å². The Bertz CT molecular complexity index is 1080. The van der Waals surface area contributed by atoms with Crippen LogP contribution >= 0.6 is 0 Å². The lowest BCUT2D eigenvalue weighted by Crippen LogP contribution is -2.23. The van der Waals surface area contributed by atoms with Crippen molar-refractivity contribution in [3.05, 3.63) is 58.6 Å². The molecule has 0 atom stereocenters. The van der Waals surface area contributed by atoms with Crippen LogP contribution in [0.25, 0.3) is 11.1 Å². The number of sulfonamides is 1. The highest BCUT2D eigenvalue weighted by atomic mass is 32.2. The van der Waals surface area contributed by atoms with Gasteiger partial charge in [-0.05, 0) is 42.7 Å². The van der Waals surface area contributed by atoms with Crippen molar-refractivity contribution in [1.82, 2.24) is 9.71 Å². The lowest BCUT2D eigenvalue weighted by Gasteiger charge is -2.17. The summed E-state index contributed by atoms with van der Waals surface area (Å²) in [7, 11) is -3.70. The number of rotatable bonds is 5. The van der Waals surface area contributed by atoms with Crippen LogP contribution in [0, 0.1) is 0 Å². The fourth-order valence-corrected chi connectivity index (χ4v) is 4.19. The van der Waals surface area contributed by atoms with Gasteiger partial charge in [0, 0.05) is 31.4 Å². The maximum absolute atomic E-state index is 12.5. The van der Waals surface area contributed by atoms with Crippen LogP contribution < -0.4 is 15.4 Å². The second kappa shape index (κ2) is 6.62. The van der Waals surface area contributed by atoms with Crippen LogP contribution in [0.2, 0.25) is 0 Å². The molecule has 2 N–H and O–H groups in total. The van der Waals surface area contributed by atoms with E-state index in [1.165, 1.54) is 36.7 Å². The molecule has 1 fully saturated rings. The first-order valence-electron chi connectivity index (χ1n) is 8.48. The van der Waals surface area contributed by atoms with Crippen LogP contribution in [-0.4, -0.2) is 26.5 Å². The molecule has 1 aliphatic heterocycles. The van der Waals surface area contributed by atoms with Crippen molar-refractivity contribution in [1.29, 1.82) is 0 Å². The molecule has 1 saturated heterocycles. The summed E-state index contributed by atoms with van der Waals surface area (Å²) in [6.45, 7) is 2.34. The molecule has 0 aliphatic carbocycles. The summed E-state index contributed by atoms with van der Waals surface area (Å²) in [5, 5.41) is 0. The highest BCUT2D eigenvalue weighted by molar-refractivity contribution is 7.89. The molecule has 2 heterocycles. The fraction of sp³-hybridized carbons (Fsp3) is 0.278. The predicted octanol–water partition coefficient (Wildman–Crippen LogP) is 2.20. The number of benzene rings is 2. The fourth-order valence-electron chi connectivity index (χ4n) is 3.15. The van der Waals surface area contributed by atoms with E-state index in [1.54, 1.807) is 0 Å². The zero-order valence-electron chi connectivity index (χ0n) is 14.1. The van der Waals surface area contributed by atoms with Crippen molar-refractivity contribution in [2.24, 2.45) is 0 Å². The highest BCUT2D eigenvalue weighted by Crippen LogP contribution is 2.21. The van der Waals surface area contributed by atoms with Crippen molar-refractivity contribution >= 4 is 26.8 Å². The molecule has 4 rings (SSSR count). The standard InChI is InChI=1S/C18H19N3O4S/c22-18-20-16-8-7-15(11-17(16)25-18)26(23,24)19-12-13-3-5-14(6-4-13)21-9-1-2-10-21/h3-8,11,19H,1-2,9-10,12H2,(H,20,22). The Labute approximate surface area is 150 Å². The van der Waals surface area contributed by atoms with Crippen LogP contribution in [0.5, 0.6) is 0 Å². The van der Waals surface area contributed by atoms with Gasteiger partial charge in [-0.25, -0.2) is 17.9 Å². The molecule has 1 aromatic heterocycles. The number of H-pyrrole nitrogens is 1. The molecule has 0 saturated carbocycles. The number of hydrogen-bond acceptors (Lipinski definition) is 5. The van der Waals surface area contributed by atoms with Crippen molar-refractivity contribution in [2.75, 3.05) is 18.0 Å². The summed E-state index contributed by atoms with van der Waals surface area (Å²) in [6, 6.07) is 12.2. The van der Waals surface area contributed by atoms with E-state index in [4.69, 9.17) is 4.42 Å². The summed E-state index contributed by atoms with van der Waals surface area (Å²) < 4.78 is 32.5. The molecule has 0 bridgehead atoms. The van der Waals surface area contributed by atoms with Gasteiger partial charge in [-0.1, -0.05) is 12.1 Å². The lowest BCUT2D eigenvalue weighted by molar-refractivity contribution is 0.553. The van der Waals surface area contributed by atoms with Gasteiger partial charge in [0.1, 0.15) is 0 Å². The maximum Gasteiger partial charge on any atom is 0.417 e. The van der Waals surface area contributed by atoms with Crippen LogP contribution in [0.4, 0.5) is 5.69 Å². The molecule has 8 heteroatoms. The zero-order valence-corrected chi connectivity index (χ0v) is 14.9. The summed E-state index contributed by atoms with van der Waals surface area (Å²) in [4.78, 5) is 16.1. The van der Waals surface area contributed by atoms with E-state index >= 15 is 0 Å². The third-order valence-corrected chi connectivity index (χ3v) is 5.98. The van der Waals surface area contributed by atoms with E-state index in [0.717, 1.165) is 18.7 Å². The Balaban J connectivity index is 1.47. The number of aromatic amines is 1. The quantitative estimate of drug-likeness (QED) is 0.715. The van der Waals surface area contributed by atoms with E-state index in [2.05, 4.69) is 14.6 Å². The van der Waals surface area contributed by atoms with Crippen molar-refractivity contribution < 1.29 is 12.8 Å². The first-order chi connectivity index (χ1) is 12.5. The number of aromatic nitrogens is 1. The molecular weight excluding hydrogens is 354 g/mol. The van der Waals surface area contributed by atoms with E-state index in [9.17, 15) is 13.2 Å². The molecule has 3 aromatic rings. The van der Waals surface area contributed by atoms with Crippen LogP contribution in [-0.2, 0) is 16.6 Å². The number of nitrogens with zero attached hydrogens (tertiary/aromatic N) is 1. The number of nitrogens with one attached hydrogen (secondary N) is 2. The molecule has 2 aromatic carbocycles. The number of fused-ring (bicyclic) bond motifs is 1. The van der Waals surface area contributed by atoms with Gasteiger partial charge in [0.25, 0.3) is 0 Å². The van der Waals surface area contributed by atoms with Gasteiger partial charge in [-0.3, -0.25) is 4.98 Å². The van der Waals surface area contributed by atoms with Crippen LogP contribution in [0.15, 0.2) is 56.6 Å². The number of oxazole rings is 1. The summed E-state index contributed by atoms with van der Waals surface area (Å²) in [5.41, 5.74) is 2.73. The largest absolute Gasteiger partial charge is 0.417 e. The van der Waals surface area contributed by atoms with Gasteiger partial charge in [0.05, 0.1) is 10.4 Å². The highest BCUT2D eigenvalue weighted by Gasteiger charge is 2.16. The molecular formula is C18H19N3O4S. The average molecular weight is 373 g/mol. The van der Waals surface area contributed by atoms with Crippen molar-refractivity contribution in [3.8, 4) is 0 Å². The third-order valence-electron chi connectivity index (χ3n) is 4.58. The zero-order chi connectivity index (χ0) is 18.1. The molecule has 0 radical (unpaired) electrons. The second-order valence-electron chi connectivity index (χ2n) is 6.36. The normalized spacial score (nSPS) is 15.0. The minimum absolute atomic E-state index is 0.0569. The summed E-state index contributed by atoms with van der Waals surface area (Å²) in [6.07, 6.45) is 2.43. The Morgan fingerprint density at radius 2 is 1.81 bits per heavy atom. The van der Waals surface area contributed by atoms with Gasteiger partial charge in [-0.15, -0.1) is 0 Å². The molecule has 0 unspecified atom stereocenters. The van der Waals surface area contributed by atoms with Crippen LogP contribution in [0.3, 0.4) is 0 Å². The Morgan fingerprint density at radius 1 is 1.08 bits per heavy atom. The molecule has 0 spiro atoms. The monoisotopic (exact) mass is 373 g/mol. The van der Waals surface area contributed by atoms with E-state index < -0.39 is 15.8 Å². The maximum atomic E-state index is 12.5. The van der Waals surface area contributed by atoms with Crippen molar-refractivity contribution in [2.45, 2.75) is 24.3 Å². The Hall–Kier alpha value is -2.58. The van der Waals surface area contributed by atoms with Crippen LogP contribution in [0.1, 0.15) is 18.4 Å². The first kappa shape index (κ1) is 16.9. The first-order valence-corrected chi connectivity index (χ1v) is 9.96. The second-order valence-corrected chi connectivity index (χ2v) is 8.12. The van der Waals surface area contributed by atoms with Gasteiger partial charge in [-0.2, -0.15) is 0 Å². The molecule has 136 valence electrons. The van der Waals surface area contributed by atoms with E-state index in [0.29, 0.717) is 5.52 Å². The van der Waals surface area contributed by atoms with Gasteiger partial charge in [0.15, 0.2) is 5.58 Å². The number of hydrogen-bond donors (Lipinski definition) is 2. The molecule has 26 heavy (non-hydrogen) atoms. The smallest absolute Gasteiger partial charge is 0.408 e. The van der Waals surface area contributed by atoms with E-state index in [1.807, 2.05) is 24.3 Å². The Kier molecular flexibility index (Phi) is 4.29. The minimum Gasteiger partial charge on any atom is -0.408 e.